The van der Waals surface area contributed by atoms with E-state index in [2.05, 4.69) is 15.5 Å². The summed E-state index contributed by atoms with van der Waals surface area (Å²) in [6, 6.07) is 0.985. The Morgan fingerprint density at radius 3 is 2.62 bits per heavy atom. The van der Waals surface area contributed by atoms with Gasteiger partial charge in [0.25, 0.3) is 0 Å². The van der Waals surface area contributed by atoms with Crippen molar-refractivity contribution in [2.45, 2.75) is 19.3 Å². The highest BCUT2D eigenvalue weighted by Gasteiger charge is 2.34. The molecular weight excluding hydrogens is 314 g/mol. The van der Waals surface area contributed by atoms with Crippen LogP contribution >= 0.6 is 12.4 Å². The predicted molar refractivity (Wildman–Crippen MR) is 71.0 cm³/mol. The normalized spacial score (nSPS) is 11.3. The second kappa shape index (κ2) is 6.79. The Hall–Kier alpha value is -1.77. The third-order valence-electron chi connectivity index (χ3n) is 2.69. The second-order valence-electron chi connectivity index (χ2n) is 4.18. The zero-order valence-corrected chi connectivity index (χ0v) is 11.9. The molecule has 0 spiro atoms. The zero-order valence-electron chi connectivity index (χ0n) is 11.1. The average Bonchev–Trinajstić information content (AvgIpc) is 2.93. The van der Waals surface area contributed by atoms with Crippen molar-refractivity contribution in [3.05, 3.63) is 29.8 Å². The van der Waals surface area contributed by atoms with Gasteiger partial charge in [0.2, 0.25) is 0 Å². The van der Waals surface area contributed by atoms with E-state index in [1.165, 1.54) is 22.6 Å². The van der Waals surface area contributed by atoms with Gasteiger partial charge in [-0.3, -0.25) is 9.36 Å². The first-order valence-electron chi connectivity index (χ1n) is 5.82. The number of hydrogen-bond donors (Lipinski definition) is 1. The monoisotopic (exact) mass is 327 g/mol. The predicted octanol–water partition coefficient (Wildman–Crippen LogP) is 2.64. The molecular formula is C11H14ClF4N5. The maximum atomic E-state index is 12.5. The Morgan fingerprint density at radius 1 is 1.33 bits per heavy atom. The first-order valence-corrected chi connectivity index (χ1v) is 5.82. The smallest absolute Gasteiger partial charge is 0.377 e. The van der Waals surface area contributed by atoms with Gasteiger partial charge in [-0.25, -0.2) is 4.39 Å². The molecule has 0 aliphatic heterocycles. The van der Waals surface area contributed by atoms with Crippen LogP contribution in [-0.2, 0) is 26.3 Å². The summed E-state index contributed by atoms with van der Waals surface area (Å²) in [5.41, 5.74) is 0.0636. The molecule has 0 saturated carbocycles. The molecule has 0 amide bonds. The van der Waals surface area contributed by atoms with Gasteiger partial charge < -0.3 is 5.32 Å². The van der Waals surface area contributed by atoms with E-state index in [9.17, 15) is 17.6 Å². The largest absolute Gasteiger partial charge is 0.435 e. The van der Waals surface area contributed by atoms with E-state index < -0.39 is 18.5 Å². The molecule has 0 fully saturated rings. The highest BCUT2D eigenvalue weighted by Crippen LogP contribution is 2.28. The molecule has 0 unspecified atom stereocenters. The molecule has 0 aliphatic rings. The Kier molecular flexibility index (Phi) is 5.59. The van der Waals surface area contributed by atoms with Gasteiger partial charge in [0.1, 0.15) is 6.67 Å². The molecule has 10 heteroatoms. The van der Waals surface area contributed by atoms with Crippen molar-refractivity contribution in [2.75, 3.05) is 12.0 Å². The first-order chi connectivity index (χ1) is 9.40. The van der Waals surface area contributed by atoms with Gasteiger partial charge in [-0.15, -0.1) is 12.4 Å². The summed E-state index contributed by atoms with van der Waals surface area (Å²) in [7, 11) is 1.44. The van der Waals surface area contributed by atoms with Crippen LogP contribution in [0.2, 0.25) is 0 Å². The lowest BCUT2D eigenvalue weighted by molar-refractivity contribution is -0.141. The SMILES string of the molecule is Cl.Cn1nc(C(F)(F)F)cc1CNc1cnn(CCF)c1. The number of anilines is 1. The average molecular weight is 328 g/mol. The van der Waals surface area contributed by atoms with Crippen molar-refractivity contribution >= 4 is 18.1 Å². The van der Waals surface area contributed by atoms with Gasteiger partial charge in [-0.1, -0.05) is 0 Å². The third-order valence-corrected chi connectivity index (χ3v) is 2.69. The summed E-state index contributed by atoms with van der Waals surface area (Å²) in [6.45, 7) is -0.218. The molecule has 2 aromatic heterocycles. The van der Waals surface area contributed by atoms with Crippen LogP contribution < -0.4 is 5.32 Å². The molecule has 0 bridgehead atoms. The molecule has 0 radical (unpaired) electrons. The Morgan fingerprint density at radius 2 is 2.05 bits per heavy atom. The van der Waals surface area contributed by atoms with E-state index in [4.69, 9.17) is 0 Å². The minimum absolute atomic E-state index is 0. The van der Waals surface area contributed by atoms with Crippen molar-refractivity contribution in [1.29, 1.82) is 0 Å². The number of alkyl halides is 4. The standard InChI is InChI=1S/C11H13F4N5.ClH/c1-19-9(4-10(18-19)11(13,14)15)6-16-8-5-17-20(7-8)3-2-12;/h4-5,7,16H,2-3,6H2,1H3;1H. The van der Waals surface area contributed by atoms with E-state index in [0.717, 1.165) is 6.07 Å². The van der Waals surface area contributed by atoms with Crippen LogP contribution in [0, 0.1) is 0 Å². The number of nitrogens with one attached hydrogen (secondary N) is 1. The highest BCUT2D eigenvalue weighted by molar-refractivity contribution is 5.85. The fourth-order valence-electron chi connectivity index (χ4n) is 1.67. The Bertz CT molecular complexity index is 577. The van der Waals surface area contributed by atoms with Crippen LogP contribution in [0.3, 0.4) is 0 Å². The van der Waals surface area contributed by atoms with E-state index in [-0.39, 0.29) is 25.5 Å². The van der Waals surface area contributed by atoms with Crippen molar-refractivity contribution in [1.82, 2.24) is 19.6 Å². The van der Waals surface area contributed by atoms with Crippen molar-refractivity contribution in [3.8, 4) is 0 Å². The number of nitrogens with zero attached hydrogens (tertiary/aromatic N) is 4. The van der Waals surface area contributed by atoms with Crippen LogP contribution in [0.25, 0.3) is 0 Å². The summed E-state index contributed by atoms with van der Waals surface area (Å²) in [5, 5.41) is 10.2. The van der Waals surface area contributed by atoms with Gasteiger partial charge in [0.15, 0.2) is 5.69 Å². The molecule has 21 heavy (non-hydrogen) atoms. The number of rotatable bonds is 5. The number of halogens is 5. The molecule has 118 valence electrons. The topological polar surface area (TPSA) is 47.7 Å². The molecule has 5 nitrogen and oxygen atoms in total. The molecule has 0 aromatic carbocycles. The lowest BCUT2D eigenvalue weighted by atomic mass is 10.3. The lowest BCUT2D eigenvalue weighted by Gasteiger charge is -2.03. The minimum Gasteiger partial charge on any atom is -0.377 e. The Labute approximate surface area is 124 Å². The first kappa shape index (κ1) is 17.3. The van der Waals surface area contributed by atoms with Crippen molar-refractivity contribution in [2.24, 2.45) is 7.05 Å². The second-order valence-corrected chi connectivity index (χ2v) is 4.18. The Balaban J connectivity index is 0.00000220. The lowest BCUT2D eigenvalue weighted by Crippen LogP contribution is -2.07. The van der Waals surface area contributed by atoms with Crippen molar-refractivity contribution < 1.29 is 17.6 Å². The molecule has 0 aliphatic carbocycles. The van der Waals surface area contributed by atoms with Gasteiger partial charge in [0.05, 0.1) is 30.7 Å². The van der Waals surface area contributed by atoms with E-state index in [1.807, 2.05) is 0 Å². The summed E-state index contributed by atoms with van der Waals surface area (Å²) >= 11 is 0. The van der Waals surface area contributed by atoms with Gasteiger partial charge in [-0.2, -0.15) is 23.4 Å². The van der Waals surface area contributed by atoms with Crippen LogP contribution in [0.5, 0.6) is 0 Å². The van der Waals surface area contributed by atoms with E-state index >= 15 is 0 Å². The van der Waals surface area contributed by atoms with Gasteiger partial charge in [-0.05, 0) is 6.07 Å². The fraction of sp³-hybridized carbons (Fsp3) is 0.455. The van der Waals surface area contributed by atoms with Crippen LogP contribution in [0.4, 0.5) is 23.2 Å². The van der Waals surface area contributed by atoms with Crippen LogP contribution in [-0.4, -0.2) is 26.2 Å². The summed E-state index contributed by atoms with van der Waals surface area (Å²) in [6.07, 6.45) is -1.39. The van der Waals surface area contributed by atoms with Crippen molar-refractivity contribution in [3.63, 3.8) is 0 Å². The molecule has 2 rings (SSSR count). The number of hydrogen-bond acceptors (Lipinski definition) is 3. The third kappa shape index (κ3) is 4.35. The fourth-order valence-corrected chi connectivity index (χ4v) is 1.67. The van der Waals surface area contributed by atoms with Gasteiger partial charge >= 0.3 is 6.18 Å². The highest BCUT2D eigenvalue weighted by atomic mass is 35.5. The maximum absolute atomic E-state index is 12.5. The summed E-state index contributed by atoms with van der Waals surface area (Å²) < 4.78 is 52.1. The van der Waals surface area contributed by atoms with E-state index in [0.29, 0.717) is 11.4 Å². The quantitative estimate of drug-likeness (QED) is 0.859. The number of aromatic nitrogens is 4. The summed E-state index contributed by atoms with van der Waals surface area (Å²) in [5.74, 6) is 0. The molecule has 2 heterocycles. The zero-order chi connectivity index (χ0) is 14.8. The minimum atomic E-state index is -4.46. The van der Waals surface area contributed by atoms with Crippen LogP contribution in [0.1, 0.15) is 11.4 Å². The summed E-state index contributed by atoms with van der Waals surface area (Å²) in [4.78, 5) is 0. The number of aryl methyl sites for hydroxylation is 2. The maximum Gasteiger partial charge on any atom is 0.435 e. The van der Waals surface area contributed by atoms with Gasteiger partial charge in [0, 0.05) is 13.2 Å². The molecule has 0 saturated heterocycles. The van der Waals surface area contributed by atoms with Crippen LogP contribution in [0.15, 0.2) is 18.5 Å². The molecule has 0 atom stereocenters. The van der Waals surface area contributed by atoms with E-state index in [1.54, 1.807) is 6.20 Å². The molecule has 1 N–H and O–H groups in total. The molecule has 2 aromatic rings.